The molecule has 1 aliphatic heterocycles. The third kappa shape index (κ3) is 3.06. The van der Waals surface area contributed by atoms with Crippen molar-refractivity contribution in [3.05, 3.63) is 0 Å². The Hall–Kier alpha value is -1.30. The minimum Gasteiger partial charge on any atom is -0.480 e. The molecule has 2 amide bonds. The van der Waals surface area contributed by atoms with Crippen LogP contribution in [0.1, 0.15) is 45.4 Å². The highest BCUT2D eigenvalue weighted by molar-refractivity contribution is 5.86. The molecule has 0 spiro atoms. The Morgan fingerprint density at radius 2 is 1.80 bits per heavy atom. The third-order valence-corrected chi connectivity index (χ3v) is 4.72. The predicted molar refractivity (Wildman–Crippen MR) is 73.3 cm³/mol. The summed E-state index contributed by atoms with van der Waals surface area (Å²) in [4.78, 5) is 25.3. The number of likely N-dealkylation sites (tertiary alicyclic amines) is 1. The molecule has 2 fully saturated rings. The van der Waals surface area contributed by atoms with Crippen LogP contribution in [0.3, 0.4) is 0 Å². The number of carboxylic acid groups (broad SMARTS) is 1. The van der Waals surface area contributed by atoms with Crippen molar-refractivity contribution in [3.8, 4) is 0 Å². The average Bonchev–Trinajstić information content (AvgIpc) is 2.88. The number of piperidine rings is 1. The summed E-state index contributed by atoms with van der Waals surface area (Å²) in [6.07, 6.45) is 3.90. The van der Waals surface area contributed by atoms with Gasteiger partial charge < -0.3 is 20.4 Å². The van der Waals surface area contributed by atoms with E-state index in [2.05, 4.69) is 5.32 Å². The van der Waals surface area contributed by atoms with Gasteiger partial charge in [0.2, 0.25) is 0 Å². The van der Waals surface area contributed by atoms with E-state index in [9.17, 15) is 19.8 Å². The lowest BCUT2D eigenvalue weighted by Gasteiger charge is -2.35. The lowest BCUT2D eigenvalue weighted by molar-refractivity contribution is -0.144. The van der Waals surface area contributed by atoms with Gasteiger partial charge in [-0.25, -0.2) is 9.59 Å². The van der Waals surface area contributed by atoms with Crippen LogP contribution in [0.15, 0.2) is 0 Å². The minimum atomic E-state index is -1.07. The van der Waals surface area contributed by atoms with Gasteiger partial charge in [-0.15, -0.1) is 0 Å². The Morgan fingerprint density at radius 3 is 2.25 bits per heavy atom. The van der Waals surface area contributed by atoms with Crippen LogP contribution in [0.5, 0.6) is 0 Å². The van der Waals surface area contributed by atoms with Crippen LogP contribution >= 0.6 is 0 Å². The molecule has 2 aliphatic rings. The van der Waals surface area contributed by atoms with Crippen molar-refractivity contribution in [1.29, 1.82) is 0 Å². The van der Waals surface area contributed by atoms with Gasteiger partial charge in [-0.05, 0) is 38.5 Å². The van der Waals surface area contributed by atoms with Crippen molar-refractivity contribution in [1.82, 2.24) is 10.2 Å². The number of carbonyl (C=O) groups is 2. The normalized spacial score (nSPS) is 24.4. The second-order valence-corrected chi connectivity index (χ2v) is 6.09. The van der Waals surface area contributed by atoms with Crippen molar-refractivity contribution in [2.75, 3.05) is 13.1 Å². The summed E-state index contributed by atoms with van der Waals surface area (Å²) >= 11 is 0. The van der Waals surface area contributed by atoms with E-state index in [0.29, 0.717) is 25.9 Å². The zero-order chi connectivity index (χ0) is 14.8. The quantitative estimate of drug-likeness (QED) is 0.726. The summed E-state index contributed by atoms with van der Waals surface area (Å²) in [6.45, 7) is 2.94. The maximum absolute atomic E-state index is 12.2. The first-order chi connectivity index (χ1) is 9.44. The van der Waals surface area contributed by atoms with E-state index in [4.69, 9.17) is 0 Å². The second-order valence-electron chi connectivity index (χ2n) is 6.09. The molecule has 1 aliphatic carbocycles. The van der Waals surface area contributed by atoms with E-state index >= 15 is 0 Å². The van der Waals surface area contributed by atoms with Gasteiger partial charge in [-0.1, -0.05) is 12.8 Å². The maximum atomic E-state index is 12.2. The molecule has 1 unspecified atom stereocenters. The van der Waals surface area contributed by atoms with Crippen LogP contribution in [0.25, 0.3) is 0 Å². The number of amides is 2. The molecule has 1 heterocycles. The molecule has 0 aromatic rings. The number of aliphatic hydroxyl groups excluding tert-OH is 1. The van der Waals surface area contributed by atoms with Crippen molar-refractivity contribution < 1.29 is 19.8 Å². The molecule has 0 aromatic heterocycles. The largest absolute Gasteiger partial charge is 0.480 e. The lowest BCUT2D eigenvalue weighted by Crippen LogP contribution is -2.57. The van der Waals surface area contributed by atoms with E-state index in [1.807, 2.05) is 0 Å². The predicted octanol–water partition coefficient (Wildman–Crippen LogP) is 1.19. The maximum Gasteiger partial charge on any atom is 0.329 e. The fourth-order valence-electron chi connectivity index (χ4n) is 3.24. The summed E-state index contributed by atoms with van der Waals surface area (Å²) in [6, 6.07) is -0.279. The van der Waals surface area contributed by atoms with Gasteiger partial charge in [0.25, 0.3) is 0 Å². The molecule has 20 heavy (non-hydrogen) atoms. The summed E-state index contributed by atoms with van der Waals surface area (Å²) in [5.74, 6) is -0.693. The number of aliphatic carboxylic acids is 1. The molecule has 2 rings (SSSR count). The van der Waals surface area contributed by atoms with Crippen LogP contribution in [0.4, 0.5) is 4.79 Å². The van der Waals surface area contributed by atoms with Gasteiger partial charge in [-0.3, -0.25) is 0 Å². The highest BCUT2D eigenvalue weighted by atomic mass is 16.4. The minimum absolute atomic E-state index is 0.235. The number of carboxylic acids is 1. The van der Waals surface area contributed by atoms with Crippen molar-refractivity contribution in [3.63, 3.8) is 0 Å². The Bertz CT molecular complexity index is 369. The number of aliphatic hydroxyl groups is 1. The van der Waals surface area contributed by atoms with Gasteiger partial charge in [0.05, 0.1) is 6.10 Å². The number of nitrogens with one attached hydrogen (secondary N) is 1. The van der Waals surface area contributed by atoms with Crippen molar-refractivity contribution >= 4 is 12.0 Å². The number of urea groups is 1. The number of rotatable bonds is 3. The monoisotopic (exact) mass is 284 g/mol. The number of hydrogen-bond donors (Lipinski definition) is 3. The van der Waals surface area contributed by atoms with Gasteiger partial charge in [0.1, 0.15) is 5.54 Å². The summed E-state index contributed by atoms with van der Waals surface area (Å²) < 4.78 is 0. The highest BCUT2D eigenvalue weighted by Crippen LogP contribution is 2.30. The highest BCUT2D eigenvalue weighted by Gasteiger charge is 2.43. The molecular weight excluding hydrogens is 260 g/mol. The molecule has 1 saturated heterocycles. The fourth-order valence-corrected chi connectivity index (χ4v) is 3.24. The van der Waals surface area contributed by atoms with E-state index in [-0.39, 0.29) is 18.1 Å². The summed E-state index contributed by atoms with van der Waals surface area (Å²) in [7, 11) is 0. The van der Waals surface area contributed by atoms with Gasteiger partial charge >= 0.3 is 12.0 Å². The number of hydrogen-bond acceptors (Lipinski definition) is 3. The van der Waals surface area contributed by atoms with E-state index in [1.165, 1.54) is 0 Å². The Labute approximate surface area is 119 Å². The summed E-state index contributed by atoms with van der Waals surface area (Å²) in [5, 5.41) is 21.6. The fraction of sp³-hybridized carbons (Fsp3) is 0.857. The molecule has 0 bridgehead atoms. The lowest BCUT2D eigenvalue weighted by atomic mass is 9.92. The molecule has 1 saturated carbocycles. The van der Waals surface area contributed by atoms with Gasteiger partial charge in [0.15, 0.2) is 0 Å². The molecular formula is C14H24N2O4. The summed E-state index contributed by atoms with van der Waals surface area (Å²) in [5.41, 5.74) is -1.07. The van der Waals surface area contributed by atoms with Crippen LogP contribution in [-0.2, 0) is 4.79 Å². The Morgan fingerprint density at radius 1 is 1.25 bits per heavy atom. The first kappa shape index (κ1) is 15.1. The topological polar surface area (TPSA) is 89.9 Å². The number of carbonyl (C=O) groups excluding carboxylic acids is 1. The zero-order valence-electron chi connectivity index (χ0n) is 12.0. The second kappa shape index (κ2) is 5.99. The zero-order valence-corrected chi connectivity index (χ0v) is 12.0. The molecule has 6 nitrogen and oxygen atoms in total. The van der Waals surface area contributed by atoms with Crippen LogP contribution < -0.4 is 5.32 Å². The molecule has 6 heteroatoms. The van der Waals surface area contributed by atoms with Crippen molar-refractivity contribution in [2.24, 2.45) is 5.92 Å². The van der Waals surface area contributed by atoms with Gasteiger partial charge in [0, 0.05) is 13.1 Å². The standard InChI is InChI=1S/C14H24N2O4/c1-10(17)11-4-8-16(9-5-11)13(20)15-14(12(18)19)6-2-3-7-14/h10-11,17H,2-9H2,1H3,(H,15,20)(H,18,19). The molecule has 0 radical (unpaired) electrons. The Balaban J connectivity index is 1.91. The molecule has 0 aromatic carbocycles. The SMILES string of the molecule is CC(O)C1CCN(C(=O)NC2(C(=O)O)CCCC2)CC1. The molecule has 1 atom stereocenters. The average molecular weight is 284 g/mol. The Kier molecular flexibility index (Phi) is 4.52. The molecule has 3 N–H and O–H groups in total. The van der Waals surface area contributed by atoms with E-state index < -0.39 is 11.5 Å². The smallest absolute Gasteiger partial charge is 0.329 e. The van der Waals surface area contributed by atoms with E-state index in [1.54, 1.807) is 11.8 Å². The first-order valence-electron chi connectivity index (χ1n) is 7.43. The first-order valence-corrected chi connectivity index (χ1v) is 7.43. The number of nitrogens with zero attached hydrogens (tertiary/aromatic N) is 1. The van der Waals surface area contributed by atoms with Gasteiger partial charge in [-0.2, -0.15) is 0 Å². The van der Waals surface area contributed by atoms with Crippen molar-refractivity contribution in [2.45, 2.75) is 57.1 Å². The van der Waals surface area contributed by atoms with Crippen LogP contribution in [-0.4, -0.2) is 51.8 Å². The molecule has 114 valence electrons. The van der Waals surface area contributed by atoms with E-state index in [0.717, 1.165) is 25.7 Å². The third-order valence-electron chi connectivity index (χ3n) is 4.72. The van der Waals surface area contributed by atoms with Crippen LogP contribution in [0.2, 0.25) is 0 Å². The van der Waals surface area contributed by atoms with Crippen LogP contribution in [0, 0.1) is 5.92 Å².